The highest BCUT2D eigenvalue weighted by Crippen LogP contribution is 2.23. The van der Waals surface area contributed by atoms with Crippen LogP contribution in [0.4, 0.5) is 8.78 Å². The van der Waals surface area contributed by atoms with Crippen LogP contribution in [0.3, 0.4) is 0 Å². The van der Waals surface area contributed by atoms with Crippen LogP contribution in [-0.4, -0.2) is 9.55 Å². The summed E-state index contributed by atoms with van der Waals surface area (Å²) in [6, 6.07) is 8.64. The predicted molar refractivity (Wildman–Crippen MR) is 58.3 cm³/mol. The number of halogens is 2. The first-order chi connectivity index (χ1) is 8.11. The SMILES string of the molecule is Cn1cc(C(F)F)nc1-c1ccc(C#N)cc1. The summed E-state index contributed by atoms with van der Waals surface area (Å²) in [5, 5.41) is 8.66. The molecule has 1 heterocycles. The van der Waals surface area contributed by atoms with Gasteiger partial charge in [0.1, 0.15) is 11.5 Å². The van der Waals surface area contributed by atoms with E-state index in [-0.39, 0.29) is 5.69 Å². The molecule has 0 bridgehead atoms. The molecule has 0 fully saturated rings. The predicted octanol–water partition coefficient (Wildman–Crippen LogP) is 2.90. The van der Waals surface area contributed by atoms with Gasteiger partial charge in [-0.1, -0.05) is 0 Å². The van der Waals surface area contributed by atoms with Crippen molar-refractivity contribution in [2.45, 2.75) is 6.43 Å². The molecule has 0 N–H and O–H groups in total. The van der Waals surface area contributed by atoms with Gasteiger partial charge in [-0.25, -0.2) is 13.8 Å². The smallest absolute Gasteiger partial charge is 0.281 e. The van der Waals surface area contributed by atoms with Gasteiger partial charge in [0.05, 0.1) is 11.6 Å². The zero-order valence-electron chi connectivity index (χ0n) is 9.06. The second-order valence-electron chi connectivity index (χ2n) is 3.59. The van der Waals surface area contributed by atoms with Crippen molar-refractivity contribution < 1.29 is 8.78 Å². The van der Waals surface area contributed by atoms with Crippen LogP contribution in [0.15, 0.2) is 30.5 Å². The fourth-order valence-electron chi connectivity index (χ4n) is 1.56. The molecule has 0 aliphatic heterocycles. The van der Waals surface area contributed by atoms with E-state index in [1.807, 2.05) is 6.07 Å². The summed E-state index contributed by atoms with van der Waals surface area (Å²) >= 11 is 0. The van der Waals surface area contributed by atoms with Crippen molar-refractivity contribution in [2.75, 3.05) is 0 Å². The molecule has 0 saturated heterocycles. The van der Waals surface area contributed by atoms with Crippen molar-refractivity contribution in [1.29, 1.82) is 5.26 Å². The molecular weight excluding hydrogens is 224 g/mol. The van der Waals surface area contributed by atoms with Crippen LogP contribution in [0, 0.1) is 11.3 Å². The summed E-state index contributed by atoms with van der Waals surface area (Å²) in [7, 11) is 1.66. The number of alkyl halides is 2. The van der Waals surface area contributed by atoms with Gasteiger partial charge in [0.2, 0.25) is 0 Å². The summed E-state index contributed by atoms with van der Waals surface area (Å²) in [4.78, 5) is 3.87. The Morgan fingerprint density at radius 1 is 1.29 bits per heavy atom. The van der Waals surface area contributed by atoms with E-state index in [9.17, 15) is 8.78 Å². The molecular formula is C12H9F2N3. The third kappa shape index (κ3) is 2.16. The molecule has 2 aromatic rings. The average Bonchev–Trinajstić information content (AvgIpc) is 2.72. The molecule has 1 aromatic heterocycles. The first-order valence-electron chi connectivity index (χ1n) is 4.93. The van der Waals surface area contributed by atoms with Gasteiger partial charge in [-0.05, 0) is 24.3 Å². The van der Waals surface area contributed by atoms with E-state index in [2.05, 4.69) is 4.98 Å². The summed E-state index contributed by atoms with van der Waals surface area (Å²) in [6.07, 6.45) is -1.27. The summed E-state index contributed by atoms with van der Waals surface area (Å²) in [5.74, 6) is 0.463. The number of benzene rings is 1. The first kappa shape index (κ1) is 11.3. The van der Waals surface area contributed by atoms with Crippen molar-refractivity contribution in [3.05, 3.63) is 41.7 Å². The molecule has 3 nitrogen and oxygen atoms in total. The molecule has 2 rings (SSSR count). The Kier molecular flexibility index (Phi) is 2.88. The maximum atomic E-state index is 12.5. The van der Waals surface area contributed by atoms with Crippen LogP contribution in [0.5, 0.6) is 0 Å². The van der Waals surface area contributed by atoms with Gasteiger partial charge < -0.3 is 4.57 Å². The molecule has 0 amide bonds. The van der Waals surface area contributed by atoms with E-state index in [1.54, 1.807) is 35.9 Å². The lowest BCUT2D eigenvalue weighted by Crippen LogP contribution is -1.90. The van der Waals surface area contributed by atoms with E-state index in [1.165, 1.54) is 6.20 Å². The summed E-state index contributed by atoms with van der Waals surface area (Å²) in [6.45, 7) is 0. The van der Waals surface area contributed by atoms with E-state index in [4.69, 9.17) is 5.26 Å². The number of aromatic nitrogens is 2. The normalized spacial score (nSPS) is 10.5. The molecule has 0 spiro atoms. The minimum Gasteiger partial charge on any atom is -0.334 e. The topological polar surface area (TPSA) is 41.6 Å². The quantitative estimate of drug-likeness (QED) is 0.800. The minimum absolute atomic E-state index is 0.244. The lowest BCUT2D eigenvalue weighted by molar-refractivity contribution is 0.146. The molecule has 0 radical (unpaired) electrons. The van der Waals surface area contributed by atoms with Gasteiger partial charge in [-0.15, -0.1) is 0 Å². The minimum atomic E-state index is -2.58. The Labute approximate surface area is 96.9 Å². The van der Waals surface area contributed by atoms with Gasteiger partial charge in [0.25, 0.3) is 6.43 Å². The van der Waals surface area contributed by atoms with Crippen LogP contribution in [0.1, 0.15) is 17.7 Å². The molecule has 0 saturated carbocycles. The highest BCUT2D eigenvalue weighted by Gasteiger charge is 2.14. The van der Waals surface area contributed by atoms with Gasteiger partial charge >= 0.3 is 0 Å². The van der Waals surface area contributed by atoms with Gasteiger partial charge in [0.15, 0.2) is 0 Å². The zero-order valence-corrected chi connectivity index (χ0v) is 9.06. The Balaban J connectivity index is 2.42. The lowest BCUT2D eigenvalue weighted by Gasteiger charge is -2.00. The summed E-state index contributed by atoms with van der Waals surface area (Å²) in [5.41, 5.74) is 0.988. The van der Waals surface area contributed by atoms with Crippen LogP contribution in [0.2, 0.25) is 0 Å². The molecule has 0 aliphatic rings. The molecule has 0 unspecified atom stereocenters. The van der Waals surface area contributed by atoms with Crippen LogP contribution in [0.25, 0.3) is 11.4 Å². The largest absolute Gasteiger partial charge is 0.334 e. The fourth-order valence-corrected chi connectivity index (χ4v) is 1.56. The maximum absolute atomic E-state index is 12.5. The average molecular weight is 233 g/mol. The summed E-state index contributed by atoms with van der Waals surface area (Å²) < 4.78 is 26.5. The Morgan fingerprint density at radius 2 is 1.94 bits per heavy atom. The van der Waals surface area contributed by atoms with E-state index >= 15 is 0 Å². The van der Waals surface area contributed by atoms with Gasteiger partial charge in [-0.2, -0.15) is 5.26 Å². The van der Waals surface area contributed by atoms with Crippen molar-refractivity contribution in [3.63, 3.8) is 0 Å². The second kappa shape index (κ2) is 4.34. The number of hydrogen-bond acceptors (Lipinski definition) is 2. The van der Waals surface area contributed by atoms with Crippen LogP contribution in [-0.2, 0) is 7.05 Å². The Hall–Kier alpha value is -2.22. The number of imidazole rings is 1. The van der Waals surface area contributed by atoms with Crippen molar-refractivity contribution in [3.8, 4) is 17.5 Å². The maximum Gasteiger partial charge on any atom is 0.281 e. The highest BCUT2D eigenvalue weighted by molar-refractivity contribution is 5.57. The number of rotatable bonds is 2. The third-order valence-corrected chi connectivity index (χ3v) is 2.39. The number of aryl methyl sites for hydroxylation is 1. The number of nitrogens with zero attached hydrogens (tertiary/aromatic N) is 3. The zero-order chi connectivity index (χ0) is 12.4. The van der Waals surface area contributed by atoms with E-state index in [0.29, 0.717) is 17.0 Å². The van der Waals surface area contributed by atoms with Gasteiger partial charge in [0, 0.05) is 18.8 Å². The fraction of sp³-hybridized carbons (Fsp3) is 0.167. The Bertz CT molecular complexity index is 564. The standard InChI is InChI=1S/C12H9F2N3/c1-17-7-10(11(13)14)16-12(17)9-4-2-8(6-15)3-5-9/h2-5,7,11H,1H3. The van der Waals surface area contributed by atoms with Crippen LogP contribution < -0.4 is 0 Å². The van der Waals surface area contributed by atoms with E-state index < -0.39 is 6.43 Å². The molecule has 0 atom stereocenters. The van der Waals surface area contributed by atoms with Gasteiger partial charge in [-0.3, -0.25) is 0 Å². The van der Waals surface area contributed by atoms with Crippen molar-refractivity contribution >= 4 is 0 Å². The monoisotopic (exact) mass is 233 g/mol. The molecule has 86 valence electrons. The van der Waals surface area contributed by atoms with Crippen molar-refractivity contribution in [2.24, 2.45) is 7.05 Å². The van der Waals surface area contributed by atoms with E-state index in [0.717, 1.165) is 0 Å². The van der Waals surface area contributed by atoms with Crippen molar-refractivity contribution in [1.82, 2.24) is 9.55 Å². The number of hydrogen-bond donors (Lipinski definition) is 0. The molecule has 17 heavy (non-hydrogen) atoms. The third-order valence-electron chi connectivity index (χ3n) is 2.39. The molecule has 0 aliphatic carbocycles. The highest BCUT2D eigenvalue weighted by atomic mass is 19.3. The second-order valence-corrected chi connectivity index (χ2v) is 3.59. The molecule has 1 aromatic carbocycles. The first-order valence-corrected chi connectivity index (χ1v) is 4.93. The van der Waals surface area contributed by atoms with Crippen LogP contribution >= 0.6 is 0 Å². The molecule has 5 heteroatoms. The lowest BCUT2D eigenvalue weighted by atomic mass is 10.1. The Morgan fingerprint density at radius 3 is 2.41 bits per heavy atom. The number of nitriles is 1.